The summed E-state index contributed by atoms with van der Waals surface area (Å²) in [5, 5.41) is 3.82. The van der Waals surface area contributed by atoms with Gasteiger partial charge in [-0.25, -0.2) is 4.39 Å². The summed E-state index contributed by atoms with van der Waals surface area (Å²) in [6.07, 6.45) is 0.343. The second kappa shape index (κ2) is 13.7. The molecule has 0 radical (unpaired) electrons. The number of halogens is 3. The monoisotopic (exact) mass is 546 g/mol. The quantitative estimate of drug-likeness (QED) is 0.297. The molecule has 0 fully saturated rings. The SMILES string of the molecule is CC(C)NC(=O)[C@@H](Cc1ccccc1)N(Cc1c(Cl)cccc1Cl)C(=O)CSCc1ccc(F)cc1. The normalized spacial score (nSPS) is 11.8. The highest BCUT2D eigenvalue weighted by molar-refractivity contribution is 7.99. The number of nitrogens with one attached hydrogen (secondary N) is 1. The predicted molar refractivity (Wildman–Crippen MR) is 147 cm³/mol. The van der Waals surface area contributed by atoms with Crippen LogP contribution in [0.4, 0.5) is 4.39 Å². The molecule has 0 unspecified atom stereocenters. The number of thioether (sulfide) groups is 1. The smallest absolute Gasteiger partial charge is 0.243 e. The number of hydrogen-bond acceptors (Lipinski definition) is 3. The van der Waals surface area contributed by atoms with E-state index in [1.165, 1.54) is 23.9 Å². The van der Waals surface area contributed by atoms with Gasteiger partial charge in [-0.1, -0.05) is 71.7 Å². The standard InChI is InChI=1S/C28H29Cl2FN2O2S/c1-19(2)32-28(35)26(15-20-7-4-3-5-8-20)33(16-23-24(29)9-6-10-25(23)30)27(34)18-36-17-21-11-13-22(31)14-12-21/h3-14,19,26H,15-18H2,1-2H3,(H,32,35)/t26-/m1/s1. The fourth-order valence-electron chi connectivity index (χ4n) is 3.71. The van der Waals surface area contributed by atoms with Gasteiger partial charge in [-0.15, -0.1) is 11.8 Å². The van der Waals surface area contributed by atoms with Crippen molar-refractivity contribution in [2.45, 2.75) is 44.6 Å². The van der Waals surface area contributed by atoms with Crippen LogP contribution in [0.5, 0.6) is 0 Å². The Kier molecular flexibility index (Phi) is 10.7. The molecule has 36 heavy (non-hydrogen) atoms. The van der Waals surface area contributed by atoms with E-state index in [9.17, 15) is 14.0 Å². The van der Waals surface area contributed by atoms with Crippen molar-refractivity contribution in [1.29, 1.82) is 0 Å². The number of hydrogen-bond donors (Lipinski definition) is 1. The third-order valence-electron chi connectivity index (χ3n) is 5.50. The lowest BCUT2D eigenvalue weighted by Crippen LogP contribution is -2.52. The molecule has 0 bridgehead atoms. The van der Waals surface area contributed by atoms with Gasteiger partial charge in [0.2, 0.25) is 11.8 Å². The molecule has 0 heterocycles. The molecule has 0 aromatic heterocycles. The van der Waals surface area contributed by atoms with Crippen LogP contribution < -0.4 is 5.32 Å². The van der Waals surface area contributed by atoms with E-state index < -0.39 is 6.04 Å². The molecule has 190 valence electrons. The first-order chi connectivity index (χ1) is 17.2. The average molecular weight is 548 g/mol. The fourth-order valence-corrected chi connectivity index (χ4v) is 5.10. The summed E-state index contributed by atoms with van der Waals surface area (Å²) in [7, 11) is 0. The van der Waals surface area contributed by atoms with E-state index in [1.807, 2.05) is 44.2 Å². The van der Waals surface area contributed by atoms with Gasteiger partial charge in [0, 0.05) is 40.4 Å². The van der Waals surface area contributed by atoms with Crippen molar-refractivity contribution in [1.82, 2.24) is 10.2 Å². The van der Waals surface area contributed by atoms with E-state index in [0.717, 1.165) is 11.1 Å². The van der Waals surface area contributed by atoms with Crippen LogP contribution in [0, 0.1) is 5.82 Å². The van der Waals surface area contributed by atoms with Gasteiger partial charge in [-0.05, 0) is 49.2 Å². The second-order valence-corrected chi connectivity index (χ2v) is 10.5. The highest BCUT2D eigenvalue weighted by atomic mass is 35.5. The van der Waals surface area contributed by atoms with Crippen LogP contribution in [0.1, 0.15) is 30.5 Å². The molecule has 0 aliphatic carbocycles. The van der Waals surface area contributed by atoms with Crippen LogP contribution in [0.3, 0.4) is 0 Å². The second-order valence-electron chi connectivity index (χ2n) is 8.71. The molecule has 0 aliphatic rings. The van der Waals surface area contributed by atoms with Crippen LogP contribution in [-0.4, -0.2) is 34.6 Å². The third kappa shape index (κ3) is 8.26. The van der Waals surface area contributed by atoms with Gasteiger partial charge < -0.3 is 10.2 Å². The first kappa shape index (κ1) is 28.0. The fraction of sp³-hybridized carbons (Fsp3) is 0.286. The lowest BCUT2D eigenvalue weighted by molar-refractivity contribution is -0.139. The molecule has 3 aromatic rings. The Bertz CT molecular complexity index is 1140. The number of nitrogens with zero attached hydrogens (tertiary/aromatic N) is 1. The van der Waals surface area contributed by atoms with Crippen molar-refractivity contribution < 1.29 is 14.0 Å². The summed E-state index contributed by atoms with van der Waals surface area (Å²) >= 11 is 14.3. The summed E-state index contributed by atoms with van der Waals surface area (Å²) in [5.74, 6) is -0.0806. The maximum atomic E-state index is 13.6. The summed E-state index contributed by atoms with van der Waals surface area (Å²) in [4.78, 5) is 28.6. The number of amides is 2. The minimum atomic E-state index is -0.763. The number of carbonyl (C=O) groups is 2. The van der Waals surface area contributed by atoms with Crippen LogP contribution >= 0.6 is 35.0 Å². The summed E-state index contributed by atoms with van der Waals surface area (Å²) in [6, 6.07) is 20.1. The van der Waals surface area contributed by atoms with E-state index in [2.05, 4.69) is 5.32 Å². The zero-order valence-corrected chi connectivity index (χ0v) is 22.5. The molecule has 4 nitrogen and oxygen atoms in total. The predicted octanol–water partition coefficient (Wildman–Crippen LogP) is 6.53. The highest BCUT2D eigenvalue weighted by Gasteiger charge is 2.31. The minimum absolute atomic E-state index is 0.0931. The van der Waals surface area contributed by atoms with E-state index in [0.29, 0.717) is 27.8 Å². The summed E-state index contributed by atoms with van der Waals surface area (Å²) < 4.78 is 13.2. The Morgan fingerprint density at radius 3 is 2.17 bits per heavy atom. The van der Waals surface area contributed by atoms with E-state index in [4.69, 9.17) is 23.2 Å². The van der Waals surface area contributed by atoms with Gasteiger partial charge in [0.15, 0.2) is 0 Å². The van der Waals surface area contributed by atoms with Crippen molar-refractivity contribution in [3.8, 4) is 0 Å². The third-order valence-corrected chi connectivity index (χ3v) is 7.20. The summed E-state index contributed by atoms with van der Waals surface area (Å²) in [6.45, 7) is 3.86. The van der Waals surface area contributed by atoms with Crippen LogP contribution in [0.2, 0.25) is 10.0 Å². The molecular weight excluding hydrogens is 518 g/mol. The van der Waals surface area contributed by atoms with E-state index >= 15 is 0 Å². The molecule has 0 spiro atoms. The molecule has 3 aromatic carbocycles. The van der Waals surface area contributed by atoms with Crippen molar-refractivity contribution >= 4 is 46.8 Å². The van der Waals surface area contributed by atoms with Gasteiger partial charge in [0.1, 0.15) is 11.9 Å². The maximum absolute atomic E-state index is 13.6. The van der Waals surface area contributed by atoms with Crippen molar-refractivity contribution in [3.63, 3.8) is 0 Å². The molecule has 3 rings (SSSR count). The minimum Gasteiger partial charge on any atom is -0.352 e. The largest absolute Gasteiger partial charge is 0.352 e. The summed E-state index contributed by atoms with van der Waals surface area (Å²) in [5.41, 5.74) is 2.44. The number of benzene rings is 3. The van der Waals surface area contributed by atoms with E-state index in [1.54, 1.807) is 35.2 Å². The van der Waals surface area contributed by atoms with Crippen molar-refractivity contribution in [2.75, 3.05) is 5.75 Å². The highest BCUT2D eigenvalue weighted by Crippen LogP contribution is 2.28. The molecule has 2 amide bonds. The zero-order valence-electron chi connectivity index (χ0n) is 20.2. The maximum Gasteiger partial charge on any atom is 0.243 e. The average Bonchev–Trinajstić information content (AvgIpc) is 2.84. The Hall–Kier alpha value is -2.54. The first-order valence-corrected chi connectivity index (χ1v) is 13.5. The van der Waals surface area contributed by atoms with Crippen LogP contribution in [0.25, 0.3) is 0 Å². The Morgan fingerprint density at radius 1 is 0.917 bits per heavy atom. The van der Waals surface area contributed by atoms with Gasteiger partial charge in [0.05, 0.1) is 5.75 Å². The molecule has 0 saturated heterocycles. The Balaban J connectivity index is 1.89. The lowest BCUT2D eigenvalue weighted by Gasteiger charge is -2.32. The van der Waals surface area contributed by atoms with Crippen molar-refractivity contribution in [3.05, 3.63) is 105 Å². The van der Waals surface area contributed by atoms with Gasteiger partial charge in [0.25, 0.3) is 0 Å². The Labute approximate surface area is 226 Å². The van der Waals surface area contributed by atoms with Crippen LogP contribution in [-0.2, 0) is 28.3 Å². The number of carbonyl (C=O) groups excluding carboxylic acids is 2. The molecule has 1 atom stereocenters. The molecule has 0 saturated carbocycles. The molecule has 0 aliphatic heterocycles. The molecule has 8 heteroatoms. The first-order valence-electron chi connectivity index (χ1n) is 11.6. The topological polar surface area (TPSA) is 49.4 Å². The molecular formula is C28H29Cl2FN2O2S. The zero-order chi connectivity index (χ0) is 26.1. The van der Waals surface area contributed by atoms with Crippen LogP contribution in [0.15, 0.2) is 72.8 Å². The van der Waals surface area contributed by atoms with Gasteiger partial charge in [-0.2, -0.15) is 0 Å². The molecule has 1 N–H and O–H groups in total. The van der Waals surface area contributed by atoms with E-state index in [-0.39, 0.29) is 36.0 Å². The Morgan fingerprint density at radius 2 is 1.56 bits per heavy atom. The van der Waals surface area contributed by atoms with Crippen molar-refractivity contribution in [2.24, 2.45) is 0 Å². The lowest BCUT2D eigenvalue weighted by atomic mass is 10.0. The number of rotatable bonds is 11. The van der Waals surface area contributed by atoms with Gasteiger partial charge in [-0.3, -0.25) is 9.59 Å². The van der Waals surface area contributed by atoms with Gasteiger partial charge >= 0.3 is 0 Å².